The lowest BCUT2D eigenvalue weighted by Gasteiger charge is -2.36. The fourth-order valence-corrected chi connectivity index (χ4v) is 5.84. The zero-order valence-corrected chi connectivity index (χ0v) is 22.7. The highest BCUT2D eigenvalue weighted by Gasteiger charge is 2.55. The van der Waals surface area contributed by atoms with Gasteiger partial charge in [-0.1, -0.05) is 25.8 Å². The zero-order chi connectivity index (χ0) is 31.9. The van der Waals surface area contributed by atoms with Crippen molar-refractivity contribution < 1.29 is 57.4 Å². The van der Waals surface area contributed by atoms with Crippen molar-refractivity contribution in [1.29, 1.82) is 0 Å². The zero-order valence-electron chi connectivity index (χ0n) is 22.7. The van der Waals surface area contributed by atoms with E-state index in [4.69, 9.17) is 0 Å². The Labute approximate surface area is 240 Å². The molecule has 0 saturated carbocycles. The highest BCUT2D eigenvalue weighted by Crippen LogP contribution is 2.48. The van der Waals surface area contributed by atoms with Gasteiger partial charge in [0.15, 0.2) is 0 Å². The average Bonchev–Trinajstić information content (AvgIpc) is 2.84. The first kappa shape index (κ1) is 33.2. The van der Waals surface area contributed by atoms with Crippen molar-refractivity contribution in [3.63, 3.8) is 0 Å². The summed E-state index contributed by atoms with van der Waals surface area (Å²) in [6, 6.07) is 1.55. The molecule has 0 heterocycles. The minimum Gasteiger partial charge on any atom is -0.312 e. The summed E-state index contributed by atoms with van der Waals surface area (Å²) in [6.07, 6.45) is -14.5. The van der Waals surface area contributed by atoms with Gasteiger partial charge >= 0.3 is 12.3 Å². The third-order valence-electron chi connectivity index (χ3n) is 7.94. The molecule has 1 nitrogen and oxygen atoms in total. The highest BCUT2D eigenvalue weighted by atomic mass is 19.4. The molecule has 1 aromatic rings. The first-order chi connectivity index (χ1) is 20.0. The van der Waals surface area contributed by atoms with Crippen molar-refractivity contribution in [3.8, 4) is 0 Å². The molecule has 13 heteroatoms. The van der Waals surface area contributed by atoms with Crippen molar-refractivity contribution in [1.82, 2.24) is 0 Å². The summed E-state index contributed by atoms with van der Waals surface area (Å²) < 4.78 is 175. The van der Waals surface area contributed by atoms with E-state index in [0.717, 1.165) is 31.4 Å². The lowest BCUT2D eigenvalue weighted by Crippen LogP contribution is -2.45. The quantitative estimate of drug-likeness (QED) is 0.259. The smallest absolute Gasteiger partial charge is 0.312 e. The van der Waals surface area contributed by atoms with E-state index in [9.17, 15) is 39.5 Å². The number of ether oxygens (including phenoxy) is 1. The molecule has 3 unspecified atom stereocenters. The van der Waals surface area contributed by atoms with E-state index in [1.54, 1.807) is 0 Å². The molecule has 7 atom stereocenters. The van der Waals surface area contributed by atoms with Crippen LogP contribution in [-0.4, -0.2) is 30.7 Å². The van der Waals surface area contributed by atoms with Gasteiger partial charge in [0.25, 0.3) is 0 Å². The third kappa shape index (κ3) is 7.17. The number of hydrogen-bond acceptors (Lipinski definition) is 1. The number of allylic oxidation sites excluding steroid dienone is 6. The van der Waals surface area contributed by atoms with Crippen LogP contribution in [0.3, 0.4) is 0 Å². The van der Waals surface area contributed by atoms with Crippen molar-refractivity contribution in [3.05, 3.63) is 76.7 Å². The Bertz CT molecular complexity index is 1290. The number of rotatable bonds is 8. The van der Waals surface area contributed by atoms with Gasteiger partial charge in [-0.05, 0) is 61.1 Å². The molecule has 0 N–H and O–H groups in total. The van der Waals surface area contributed by atoms with E-state index >= 15 is 13.2 Å². The summed E-state index contributed by atoms with van der Waals surface area (Å²) in [4.78, 5) is 0. The second kappa shape index (κ2) is 12.7. The predicted molar refractivity (Wildman–Crippen MR) is 134 cm³/mol. The average molecular weight is 633 g/mol. The van der Waals surface area contributed by atoms with Crippen molar-refractivity contribution in [2.24, 2.45) is 17.8 Å². The van der Waals surface area contributed by atoms with Crippen LogP contribution in [0, 0.1) is 29.4 Å². The van der Waals surface area contributed by atoms with Gasteiger partial charge in [-0.2, -0.15) is 22.0 Å². The van der Waals surface area contributed by atoms with Crippen LogP contribution in [-0.2, 0) is 4.74 Å². The monoisotopic (exact) mass is 632 g/mol. The number of hydrogen-bond donors (Lipinski definition) is 0. The molecule has 0 saturated heterocycles. The Morgan fingerprint density at radius 1 is 0.814 bits per heavy atom. The molecule has 4 rings (SSSR count). The summed E-state index contributed by atoms with van der Waals surface area (Å²) in [5.74, 6) is -15.3. The molecule has 43 heavy (non-hydrogen) atoms. The normalized spacial score (nSPS) is 30.4. The summed E-state index contributed by atoms with van der Waals surface area (Å²) in [7, 11) is 0. The van der Waals surface area contributed by atoms with Crippen molar-refractivity contribution in [2.75, 3.05) is 0 Å². The van der Waals surface area contributed by atoms with Gasteiger partial charge in [0.2, 0.25) is 0 Å². The first-order valence-electron chi connectivity index (χ1n) is 13.8. The Kier molecular flexibility index (Phi) is 9.83. The number of alkyl halides is 7. The maximum Gasteiger partial charge on any atom is 0.400 e. The number of benzene rings is 1. The van der Waals surface area contributed by atoms with Crippen LogP contribution in [0.5, 0.6) is 0 Å². The lowest BCUT2D eigenvalue weighted by molar-refractivity contribution is -0.295. The van der Waals surface area contributed by atoms with Crippen LogP contribution in [0.2, 0.25) is 0 Å². The standard InChI is InChI=1S/C30H28F12O/c1-2-3-4-14-5-6-18(19(31)7-14)15-8-20(32)26(21(33)9-15)16-10-22(34)28(23(35)11-16)30(41,42)43-17-12-24(36)27(25(37)13-17)29(38,39)40/h6-10,12,14,16-17,23,25,27-28H,2-5,11,13H2,1H3/t14-,16?,17+,23?,25?,27-,28-/m1/s1. The Hall–Kier alpha value is -2.70. The number of unbranched alkanes of at least 4 members (excludes halogenated alkanes) is 1. The largest absolute Gasteiger partial charge is 0.400 e. The minimum absolute atomic E-state index is 0.0277. The van der Waals surface area contributed by atoms with Crippen molar-refractivity contribution in [2.45, 2.75) is 82.1 Å². The van der Waals surface area contributed by atoms with Gasteiger partial charge in [0.1, 0.15) is 53.3 Å². The van der Waals surface area contributed by atoms with E-state index in [2.05, 4.69) is 4.74 Å². The van der Waals surface area contributed by atoms with E-state index < -0.39 is 96.0 Å². The van der Waals surface area contributed by atoms with E-state index in [1.807, 2.05) is 6.92 Å². The summed E-state index contributed by atoms with van der Waals surface area (Å²) >= 11 is 0. The van der Waals surface area contributed by atoms with Gasteiger partial charge in [0.05, 0.1) is 6.10 Å². The third-order valence-corrected chi connectivity index (χ3v) is 7.94. The Morgan fingerprint density at radius 2 is 1.42 bits per heavy atom. The van der Waals surface area contributed by atoms with Crippen molar-refractivity contribution >= 4 is 5.57 Å². The van der Waals surface area contributed by atoms with Crippen LogP contribution in [0.25, 0.3) is 5.57 Å². The van der Waals surface area contributed by atoms with Crippen LogP contribution in [0.15, 0.2) is 53.9 Å². The molecule has 238 valence electrons. The van der Waals surface area contributed by atoms with Gasteiger partial charge in [-0.25, -0.2) is 30.7 Å². The van der Waals surface area contributed by atoms with Gasteiger partial charge in [0, 0.05) is 23.5 Å². The SMILES string of the molecule is CCCC[C@H]1C=C(F)C(c2cc(F)c(C3C=C(F)[C@@H](C(F)(F)O[C@H]4C=C(F)[C@@H](C(F)(F)F)C(F)C4)C(F)C3)c(F)c2)=CC1. The topological polar surface area (TPSA) is 9.23 Å². The lowest BCUT2D eigenvalue weighted by atomic mass is 9.80. The van der Waals surface area contributed by atoms with E-state index in [-0.39, 0.29) is 23.1 Å². The molecule has 0 radical (unpaired) electrons. The molecule has 0 amide bonds. The molecule has 0 bridgehead atoms. The molecular weight excluding hydrogens is 604 g/mol. The van der Waals surface area contributed by atoms with E-state index in [0.29, 0.717) is 12.5 Å². The van der Waals surface area contributed by atoms with Gasteiger partial charge in [-0.15, -0.1) is 0 Å². The first-order valence-corrected chi connectivity index (χ1v) is 13.8. The Balaban J connectivity index is 1.53. The maximum atomic E-state index is 15.1. The molecule has 1 aromatic carbocycles. The van der Waals surface area contributed by atoms with Gasteiger partial charge in [-0.3, -0.25) is 0 Å². The minimum atomic E-state index is -5.34. The summed E-state index contributed by atoms with van der Waals surface area (Å²) in [5, 5.41) is 0. The van der Waals surface area contributed by atoms with Crippen LogP contribution in [0.1, 0.15) is 62.5 Å². The molecule has 0 aromatic heterocycles. The second-order valence-corrected chi connectivity index (χ2v) is 11.1. The van der Waals surface area contributed by atoms with Crippen LogP contribution >= 0.6 is 0 Å². The van der Waals surface area contributed by atoms with E-state index in [1.165, 1.54) is 12.2 Å². The fraction of sp³-hybridized carbons (Fsp3) is 0.533. The second-order valence-electron chi connectivity index (χ2n) is 11.1. The molecule has 0 aliphatic heterocycles. The molecule has 3 aliphatic carbocycles. The molecule has 3 aliphatic rings. The molecule has 0 fully saturated rings. The molecule has 0 spiro atoms. The summed E-state index contributed by atoms with van der Waals surface area (Å²) in [5.41, 5.74) is -1.07. The van der Waals surface area contributed by atoms with Crippen LogP contribution < -0.4 is 0 Å². The highest BCUT2D eigenvalue weighted by molar-refractivity contribution is 5.78. The van der Waals surface area contributed by atoms with Crippen LogP contribution in [0.4, 0.5) is 52.7 Å². The molecular formula is C30H28F12O. The maximum absolute atomic E-state index is 15.1. The summed E-state index contributed by atoms with van der Waals surface area (Å²) in [6.45, 7) is 1.98. The Morgan fingerprint density at radius 3 is 1.95 bits per heavy atom. The predicted octanol–water partition coefficient (Wildman–Crippen LogP) is 10.5. The number of halogens is 12. The van der Waals surface area contributed by atoms with Gasteiger partial charge < -0.3 is 4.74 Å². The fourth-order valence-electron chi connectivity index (χ4n) is 5.84.